The van der Waals surface area contributed by atoms with Gasteiger partial charge in [-0.25, -0.2) is 14.4 Å². The van der Waals surface area contributed by atoms with Gasteiger partial charge in [0.1, 0.15) is 17.5 Å². The highest BCUT2D eigenvalue weighted by Gasteiger charge is 2.07. The first kappa shape index (κ1) is 13.3. The first-order valence-corrected chi connectivity index (χ1v) is 7.01. The molecule has 0 radical (unpaired) electrons. The molecule has 0 saturated carbocycles. The van der Waals surface area contributed by atoms with Crippen molar-refractivity contribution in [3.05, 3.63) is 46.1 Å². The number of hydrogen-bond donors (Lipinski definition) is 1. The number of anilines is 1. The van der Waals surface area contributed by atoms with Gasteiger partial charge in [0.05, 0.1) is 15.9 Å². The lowest BCUT2D eigenvalue weighted by Gasteiger charge is -2.05. The van der Waals surface area contributed by atoms with E-state index < -0.39 is 0 Å². The first-order chi connectivity index (χ1) is 8.56. The van der Waals surface area contributed by atoms with E-state index in [9.17, 15) is 4.39 Å². The fourth-order valence-electron chi connectivity index (χ4n) is 1.41. The van der Waals surface area contributed by atoms with E-state index in [0.29, 0.717) is 17.4 Å². The van der Waals surface area contributed by atoms with Crippen LogP contribution in [0.25, 0.3) is 0 Å². The molecule has 3 nitrogen and oxygen atoms in total. The van der Waals surface area contributed by atoms with Gasteiger partial charge in [-0.15, -0.1) is 11.8 Å². The molecule has 94 valence electrons. The largest absolute Gasteiger partial charge is 0.383 e. The van der Waals surface area contributed by atoms with Crippen LogP contribution in [-0.2, 0) is 5.75 Å². The molecule has 2 aromatic rings. The molecule has 0 saturated heterocycles. The number of rotatable bonds is 3. The lowest BCUT2D eigenvalue weighted by Crippen LogP contribution is -2.02. The van der Waals surface area contributed by atoms with E-state index in [1.807, 2.05) is 13.0 Å². The molecule has 1 aromatic carbocycles. The van der Waals surface area contributed by atoms with Gasteiger partial charge in [0.25, 0.3) is 0 Å². The zero-order valence-electron chi connectivity index (χ0n) is 9.65. The summed E-state index contributed by atoms with van der Waals surface area (Å²) in [6.45, 7) is 1.86. The molecule has 0 unspecified atom stereocenters. The summed E-state index contributed by atoms with van der Waals surface area (Å²) >= 11 is 4.79. The van der Waals surface area contributed by atoms with E-state index in [2.05, 4.69) is 25.9 Å². The molecule has 18 heavy (non-hydrogen) atoms. The SMILES string of the molecule is Cc1nc(CSc2cccc(F)c2)nc(N)c1Br. The summed E-state index contributed by atoms with van der Waals surface area (Å²) in [5.41, 5.74) is 6.55. The molecular formula is C12H11BrFN3S. The maximum Gasteiger partial charge on any atom is 0.141 e. The van der Waals surface area contributed by atoms with Crippen molar-refractivity contribution in [2.24, 2.45) is 0 Å². The smallest absolute Gasteiger partial charge is 0.141 e. The molecule has 1 heterocycles. The molecule has 0 aliphatic rings. The summed E-state index contributed by atoms with van der Waals surface area (Å²) in [7, 11) is 0. The van der Waals surface area contributed by atoms with Gasteiger partial charge in [-0.05, 0) is 41.1 Å². The number of aryl methyl sites for hydroxylation is 1. The van der Waals surface area contributed by atoms with E-state index in [1.165, 1.54) is 23.9 Å². The van der Waals surface area contributed by atoms with E-state index in [4.69, 9.17) is 5.73 Å². The highest BCUT2D eigenvalue weighted by molar-refractivity contribution is 9.10. The Morgan fingerprint density at radius 2 is 2.17 bits per heavy atom. The van der Waals surface area contributed by atoms with Crippen molar-refractivity contribution < 1.29 is 4.39 Å². The Labute approximate surface area is 117 Å². The zero-order valence-corrected chi connectivity index (χ0v) is 12.1. The average Bonchev–Trinajstić information content (AvgIpc) is 2.33. The van der Waals surface area contributed by atoms with E-state index >= 15 is 0 Å². The van der Waals surface area contributed by atoms with Gasteiger partial charge in [0.15, 0.2) is 0 Å². The first-order valence-electron chi connectivity index (χ1n) is 5.23. The number of thioether (sulfide) groups is 1. The van der Waals surface area contributed by atoms with Crippen LogP contribution < -0.4 is 5.73 Å². The fraction of sp³-hybridized carbons (Fsp3) is 0.167. The van der Waals surface area contributed by atoms with Crippen molar-refractivity contribution >= 4 is 33.5 Å². The van der Waals surface area contributed by atoms with Gasteiger partial charge in [0.2, 0.25) is 0 Å². The van der Waals surface area contributed by atoms with Crippen LogP contribution in [0.5, 0.6) is 0 Å². The van der Waals surface area contributed by atoms with E-state index in [1.54, 1.807) is 6.07 Å². The maximum atomic E-state index is 13.0. The summed E-state index contributed by atoms with van der Waals surface area (Å²) in [5.74, 6) is 1.38. The number of nitrogens with zero attached hydrogens (tertiary/aromatic N) is 2. The summed E-state index contributed by atoms with van der Waals surface area (Å²) in [5, 5.41) is 0. The lowest BCUT2D eigenvalue weighted by molar-refractivity contribution is 0.624. The molecule has 2 N–H and O–H groups in total. The Hall–Kier alpha value is -1.14. The number of hydrogen-bond acceptors (Lipinski definition) is 4. The molecule has 0 aliphatic heterocycles. The molecular weight excluding hydrogens is 317 g/mol. The zero-order chi connectivity index (χ0) is 13.1. The Bertz CT molecular complexity index is 554. The van der Waals surface area contributed by atoms with Crippen molar-refractivity contribution in [1.29, 1.82) is 0 Å². The highest BCUT2D eigenvalue weighted by Crippen LogP contribution is 2.25. The van der Waals surface area contributed by atoms with Crippen LogP contribution in [-0.4, -0.2) is 9.97 Å². The second kappa shape index (κ2) is 5.67. The average molecular weight is 328 g/mol. The topological polar surface area (TPSA) is 51.8 Å². The number of aromatic nitrogens is 2. The van der Waals surface area contributed by atoms with Crippen molar-refractivity contribution in [2.45, 2.75) is 17.6 Å². The van der Waals surface area contributed by atoms with Crippen molar-refractivity contribution in [2.75, 3.05) is 5.73 Å². The predicted octanol–water partition coefficient (Wildman–Crippen LogP) is 3.56. The Morgan fingerprint density at radius 3 is 2.83 bits per heavy atom. The van der Waals surface area contributed by atoms with Crippen molar-refractivity contribution in [3.8, 4) is 0 Å². The summed E-state index contributed by atoms with van der Waals surface area (Å²) in [6.07, 6.45) is 0. The second-order valence-electron chi connectivity index (χ2n) is 3.67. The van der Waals surface area contributed by atoms with Gasteiger partial charge in [-0.3, -0.25) is 0 Å². The molecule has 2 rings (SSSR count). The molecule has 0 spiro atoms. The molecule has 1 aromatic heterocycles. The lowest BCUT2D eigenvalue weighted by atomic mass is 10.4. The normalized spacial score (nSPS) is 10.6. The number of halogens is 2. The van der Waals surface area contributed by atoms with E-state index in [-0.39, 0.29) is 5.82 Å². The van der Waals surface area contributed by atoms with Gasteiger partial charge in [0, 0.05) is 4.90 Å². The van der Waals surface area contributed by atoms with Gasteiger partial charge >= 0.3 is 0 Å². The number of benzene rings is 1. The van der Waals surface area contributed by atoms with Gasteiger partial charge in [-0.1, -0.05) is 6.07 Å². The Morgan fingerprint density at radius 1 is 1.39 bits per heavy atom. The summed E-state index contributed by atoms with van der Waals surface area (Å²) < 4.78 is 13.7. The molecule has 0 bridgehead atoms. The minimum atomic E-state index is -0.243. The van der Waals surface area contributed by atoms with Crippen LogP contribution in [0.1, 0.15) is 11.5 Å². The highest BCUT2D eigenvalue weighted by atomic mass is 79.9. The van der Waals surface area contributed by atoms with Crippen LogP contribution in [0.4, 0.5) is 10.2 Å². The summed E-state index contributed by atoms with van der Waals surface area (Å²) in [4.78, 5) is 9.34. The van der Waals surface area contributed by atoms with Crippen LogP contribution in [0.3, 0.4) is 0 Å². The van der Waals surface area contributed by atoms with E-state index in [0.717, 1.165) is 15.1 Å². The molecule has 0 fully saturated rings. The van der Waals surface area contributed by atoms with Crippen LogP contribution in [0, 0.1) is 12.7 Å². The maximum absolute atomic E-state index is 13.0. The van der Waals surface area contributed by atoms with Gasteiger partial charge < -0.3 is 5.73 Å². The molecule has 0 aliphatic carbocycles. The number of nitrogens with two attached hydrogens (primary N) is 1. The third kappa shape index (κ3) is 3.20. The minimum absolute atomic E-state index is 0.243. The molecule has 6 heteroatoms. The van der Waals surface area contributed by atoms with Crippen molar-refractivity contribution in [1.82, 2.24) is 9.97 Å². The third-order valence-corrected chi connectivity index (χ3v) is 4.22. The van der Waals surface area contributed by atoms with Crippen LogP contribution in [0.2, 0.25) is 0 Å². The van der Waals surface area contributed by atoms with Gasteiger partial charge in [-0.2, -0.15) is 0 Å². The van der Waals surface area contributed by atoms with Crippen LogP contribution in [0.15, 0.2) is 33.6 Å². The second-order valence-corrected chi connectivity index (χ2v) is 5.51. The molecule has 0 atom stereocenters. The summed E-state index contributed by atoms with van der Waals surface area (Å²) in [6, 6.07) is 6.44. The molecule has 0 amide bonds. The fourth-order valence-corrected chi connectivity index (χ4v) is 2.38. The third-order valence-electron chi connectivity index (χ3n) is 2.25. The predicted molar refractivity (Wildman–Crippen MR) is 74.8 cm³/mol. The standard InChI is InChI=1S/C12H11BrFN3S/c1-7-11(13)12(15)17-10(16-7)6-18-9-4-2-3-8(14)5-9/h2-5H,6H2,1H3,(H2,15,16,17). The number of nitrogen functional groups attached to an aromatic ring is 1. The quantitative estimate of drug-likeness (QED) is 0.876. The monoisotopic (exact) mass is 327 g/mol. The Balaban J connectivity index is 2.11. The minimum Gasteiger partial charge on any atom is -0.383 e. The Kier molecular flexibility index (Phi) is 4.19. The van der Waals surface area contributed by atoms with Crippen LogP contribution >= 0.6 is 27.7 Å². The van der Waals surface area contributed by atoms with Crippen molar-refractivity contribution in [3.63, 3.8) is 0 Å².